The molecule has 35 heavy (non-hydrogen) atoms. The van der Waals surface area contributed by atoms with Gasteiger partial charge < -0.3 is 14.5 Å². The van der Waals surface area contributed by atoms with E-state index in [1.807, 2.05) is 6.08 Å². The molecule has 1 amide bonds. The van der Waals surface area contributed by atoms with Crippen LogP contribution in [-0.2, 0) is 10.9 Å². The highest BCUT2D eigenvalue weighted by Gasteiger charge is 2.66. The molecule has 2 aliphatic carbocycles. The number of carbonyl (C=O) groups excluding carboxylic acids is 1. The van der Waals surface area contributed by atoms with Crippen LogP contribution in [0.4, 0.5) is 17.6 Å². The van der Waals surface area contributed by atoms with Crippen molar-refractivity contribution in [3.8, 4) is 0 Å². The SMILES string of the molecule is O=C(c1cc(F)cc(C(F)(F)F)c1)N1CCCC2(CC1)OC1=C(CCC(Cl)=C1)N1C=CCC3C1C32. The Hall–Kier alpha value is -2.48. The minimum Gasteiger partial charge on any atom is -0.485 e. The lowest BCUT2D eigenvalue weighted by Crippen LogP contribution is -2.39. The Kier molecular flexibility index (Phi) is 5.26. The standard InChI is InChI=1S/C26H25ClF4N2O2/c27-17-4-5-20-21(14-17)35-25(22-19-3-1-9-33(20)23(19)22)6-2-8-32(10-7-25)24(34)15-11-16(26(29,30)31)13-18(28)12-15/h1,9,11-14,19,22-23H,2-8,10H2. The van der Waals surface area contributed by atoms with Gasteiger partial charge in [0.05, 0.1) is 11.3 Å². The Morgan fingerprint density at radius 1 is 1.14 bits per heavy atom. The summed E-state index contributed by atoms with van der Waals surface area (Å²) in [5.74, 6) is -0.0839. The van der Waals surface area contributed by atoms with Crippen LogP contribution in [0.5, 0.6) is 0 Å². The van der Waals surface area contributed by atoms with E-state index in [0.29, 0.717) is 49.9 Å². The summed E-state index contributed by atoms with van der Waals surface area (Å²) >= 11 is 6.37. The first-order valence-electron chi connectivity index (χ1n) is 12.1. The molecule has 0 bridgehead atoms. The molecule has 0 N–H and O–H groups in total. The van der Waals surface area contributed by atoms with E-state index >= 15 is 0 Å². The zero-order valence-corrected chi connectivity index (χ0v) is 19.7. The second-order valence-electron chi connectivity index (χ2n) is 10.1. The Bertz CT molecular complexity index is 1180. The molecule has 0 radical (unpaired) electrons. The molecule has 4 unspecified atom stereocenters. The van der Waals surface area contributed by atoms with Gasteiger partial charge in [0, 0.05) is 48.3 Å². The number of hydrogen-bond acceptors (Lipinski definition) is 3. The third kappa shape index (κ3) is 3.85. The normalized spacial score (nSPS) is 31.8. The van der Waals surface area contributed by atoms with Crippen molar-refractivity contribution in [2.24, 2.45) is 11.8 Å². The highest BCUT2D eigenvalue weighted by atomic mass is 35.5. The van der Waals surface area contributed by atoms with Crippen molar-refractivity contribution in [2.45, 2.75) is 56.3 Å². The van der Waals surface area contributed by atoms with Gasteiger partial charge >= 0.3 is 6.18 Å². The van der Waals surface area contributed by atoms with Crippen LogP contribution in [0, 0.1) is 17.7 Å². The van der Waals surface area contributed by atoms with Gasteiger partial charge in [-0.15, -0.1) is 0 Å². The van der Waals surface area contributed by atoms with E-state index in [-0.39, 0.29) is 5.56 Å². The van der Waals surface area contributed by atoms with Crippen LogP contribution in [-0.4, -0.2) is 40.4 Å². The highest BCUT2D eigenvalue weighted by molar-refractivity contribution is 6.29. The summed E-state index contributed by atoms with van der Waals surface area (Å²) in [5.41, 5.74) is -0.765. The second kappa shape index (κ2) is 8.02. The monoisotopic (exact) mass is 508 g/mol. The number of carbonyl (C=O) groups is 1. The van der Waals surface area contributed by atoms with Crippen molar-refractivity contribution in [1.82, 2.24) is 9.80 Å². The predicted octanol–water partition coefficient (Wildman–Crippen LogP) is 6.20. The molecule has 1 spiro atoms. The number of ether oxygens (including phenoxy) is 1. The summed E-state index contributed by atoms with van der Waals surface area (Å²) < 4.78 is 60.3. The van der Waals surface area contributed by atoms with Gasteiger partial charge in [-0.05, 0) is 62.3 Å². The lowest BCUT2D eigenvalue weighted by molar-refractivity contribution is -0.137. The zero-order valence-electron chi connectivity index (χ0n) is 19.0. The maximum Gasteiger partial charge on any atom is 0.416 e. The number of alkyl halides is 3. The Morgan fingerprint density at radius 2 is 1.97 bits per heavy atom. The molecule has 1 saturated carbocycles. The van der Waals surface area contributed by atoms with Gasteiger partial charge in [-0.25, -0.2) is 4.39 Å². The fourth-order valence-corrected chi connectivity index (χ4v) is 6.74. The lowest BCUT2D eigenvalue weighted by atomic mass is 9.87. The van der Waals surface area contributed by atoms with Crippen molar-refractivity contribution in [2.75, 3.05) is 13.1 Å². The largest absolute Gasteiger partial charge is 0.485 e. The van der Waals surface area contributed by atoms with Crippen molar-refractivity contribution in [3.63, 3.8) is 0 Å². The fourth-order valence-electron chi connectivity index (χ4n) is 6.54. The molecular formula is C26H25ClF4N2O2. The van der Waals surface area contributed by atoms with Gasteiger partial charge in [0.1, 0.15) is 17.2 Å². The molecule has 186 valence electrons. The van der Waals surface area contributed by atoms with Crippen molar-refractivity contribution < 1.29 is 27.1 Å². The number of amides is 1. The lowest BCUT2D eigenvalue weighted by Gasteiger charge is -2.35. The summed E-state index contributed by atoms with van der Waals surface area (Å²) in [6.45, 7) is 0.717. The van der Waals surface area contributed by atoms with Gasteiger partial charge in [0.25, 0.3) is 5.91 Å². The molecule has 4 atom stereocenters. The zero-order chi connectivity index (χ0) is 24.5. The molecule has 2 fully saturated rings. The quantitative estimate of drug-likeness (QED) is 0.423. The average Bonchev–Trinajstić information content (AvgIpc) is 3.59. The van der Waals surface area contributed by atoms with E-state index in [4.69, 9.17) is 16.3 Å². The predicted molar refractivity (Wildman–Crippen MR) is 122 cm³/mol. The first kappa shape index (κ1) is 23.0. The van der Waals surface area contributed by atoms with Gasteiger partial charge in [0.2, 0.25) is 0 Å². The van der Waals surface area contributed by atoms with E-state index < -0.39 is 29.1 Å². The van der Waals surface area contributed by atoms with Crippen LogP contribution in [0.25, 0.3) is 0 Å². The van der Waals surface area contributed by atoms with E-state index in [1.54, 1.807) is 4.90 Å². The highest BCUT2D eigenvalue weighted by Crippen LogP contribution is 2.62. The molecule has 1 saturated heterocycles. The third-order valence-electron chi connectivity index (χ3n) is 8.12. The Labute approximate surface area is 205 Å². The van der Waals surface area contributed by atoms with Crippen molar-refractivity contribution in [3.05, 3.63) is 70.0 Å². The third-order valence-corrected chi connectivity index (χ3v) is 8.42. The van der Waals surface area contributed by atoms with Crippen LogP contribution in [0.3, 0.4) is 0 Å². The van der Waals surface area contributed by atoms with Crippen LogP contribution in [0.2, 0.25) is 0 Å². The number of halogens is 5. The van der Waals surface area contributed by atoms with Gasteiger partial charge in [0.15, 0.2) is 0 Å². The van der Waals surface area contributed by atoms with E-state index in [1.165, 1.54) is 0 Å². The van der Waals surface area contributed by atoms with Gasteiger partial charge in [-0.3, -0.25) is 4.79 Å². The number of fused-ring (bicyclic) bond motifs is 3. The fraction of sp³-hybridized carbons (Fsp3) is 0.500. The topological polar surface area (TPSA) is 32.8 Å². The number of allylic oxidation sites excluding steroid dienone is 4. The molecule has 1 aromatic carbocycles. The van der Waals surface area contributed by atoms with Crippen LogP contribution < -0.4 is 0 Å². The summed E-state index contributed by atoms with van der Waals surface area (Å²) in [7, 11) is 0. The van der Waals surface area contributed by atoms with Crippen molar-refractivity contribution >= 4 is 17.5 Å². The van der Waals surface area contributed by atoms with E-state index in [9.17, 15) is 22.4 Å². The molecular weight excluding hydrogens is 484 g/mol. The average molecular weight is 509 g/mol. The van der Waals surface area contributed by atoms with E-state index in [2.05, 4.69) is 17.2 Å². The molecule has 1 aromatic rings. The number of rotatable bonds is 1. The summed E-state index contributed by atoms with van der Waals surface area (Å²) in [6, 6.07) is 2.39. The van der Waals surface area contributed by atoms with Crippen LogP contribution in [0.15, 0.2) is 53.0 Å². The van der Waals surface area contributed by atoms with Gasteiger partial charge in [-0.1, -0.05) is 17.7 Å². The van der Waals surface area contributed by atoms with Crippen LogP contribution >= 0.6 is 11.6 Å². The second-order valence-corrected chi connectivity index (χ2v) is 10.6. The van der Waals surface area contributed by atoms with E-state index in [0.717, 1.165) is 54.3 Å². The molecule has 5 aliphatic rings. The smallest absolute Gasteiger partial charge is 0.416 e. The molecule has 3 aliphatic heterocycles. The minimum atomic E-state index is -4.73. The molecule has 6 rings (SSSR count). The summed E-state index contributed by atoms with van der Waals surface area (Å²) in [6.07, 6.45) is 6.07. The van der Waals surface area contributed by atoms with Crippen LogP contribution in [0.1, 0.15) is 54.4 Å². The molecule has 9 heteroatoms. The Balaban J connectivity index is 1.28. The maximum atomic E-state index is 13.9. The molecule has 0 aromatic heterocycles. The number of benzene rings is 1. The number of likely N-dealkylation sites (tertiary alicyclic amines) is 1. The minimum absolute atomic E-state index is 0.280. The number of hydrogen-bond donors (Lipinski definition) is 0. The molecule has 3 heterocycles. The number of nitrogens with zero attached hydrogens (tertiary/aromatic N) is 2. The van der Waals surface area contributed by atoms with Gasteiger partial charge in [-0.2, -0.15) is 13.2 Å². The molecule has 4 nitrogen and oxygen atoms in total. The first-order valence-corrected chi connectivity index (χ1v) is 12.4. The van der Waals surface area contributed by atoms with Crippen molar-refractivity contribution in [1.29, 1.82) is 0 Å². The first-order chi connectivity index (χ1) is 16.7. The Morgan fingerprint density at radius 3 is 2.77 bits per heavy atom. The maximum absolute atomic E-state index is 13.9. The summed E-state index contributed by atoms with van der Waals surface area (Å²) in [5, 5.41) is 0.754. The summed E-state index contributed by atoms with van der Waals surface area (Å²) in [4.78, 5) is 17.1.